The number of rotatable bonds is 5. The van der Waals surface area contributed by atoms with Crippen LogP contribution in [0.15, 0.2) is 24.3 Å². The summed E-state index contributed by atoms with van der Waals surface area (Å²) in [6.07, 6.45) is 3.44. The molecule has 0 unspecified atom stereocenters. The van der Waals surface area contributed by atoms with E-state index in [-0.39, 0.29) is 29.6 Å². The summed E-state index contributed by atoms with van der Waals surface area (Å²) in [4.78, 5) is 26.6. The van der Waals surface area contributed by atoms with Gasteiger partial charge in [0.15, 0.2) is 0 Å². The number of hydrogen-bond donors (Lipinski definition) is 1. The summed E-state index contributed by atoms with van der Waals surface area (Å²) in [5.41, 5.74) is 0.465. The quantitative estimate of drug-likeness (QED) is 0.907. The van der Waals surface area contributed by atoms with Gasteiger partial charge in [0.1, 0.15) is 5.82 Å². The number of nitrogens with one attached hydrogen (secondary N) is 1. The number of amides is 2. The number of hydrogen-bond acceptors (Lipinski definition) is 2. The SMILES string of the molecule is CCC(CC)NC(=O)[C@@H]1CCCN(C(=O)c2ccc(F)cc2)C1. The van der Waals surface area contributed by atoms with Crippen LogP contribution in [0.1, 0.15) is 49.9 Å². The number of nitrogens with zero attached hydrogens (tertiary/aromatic N) is 1. The van der Waals surface area contributed by atoms with Gasteiger partial charge >= 0.3 is 0 Å². The molecular weight excluding hydrogens is 295 g/mol. The van der Waals surface area contributed by atoms with Gasteiger partial charge in [-0.1, -0.05) is 13.8 Å². The number of halogens is 1. The molecule has 2 amide bonds. The normalized spacial score (nSPS) is 18.1. The minimum atomic E-state index is -0.359. The summed E-state index contributed by atoms with van der Waals surface area (Å²) < 4.78 is 13.0. The van der Waals surface area contributed by atoms with Crippen LogP contribution in [0.4, 0.5) is 4.39 Å². The summed E-state index contributed by atoms with van der Waals surface area (Å²) in [6.45, 7) is 5.19. The van der Waals surface area contributed by atoms with Crippen molar-refractivity contribution in [1.29, 1.82) is 0 Å². The molecule has 1 aliphatic heterocycles. The Morgan fingerprint density at radius 3 is 2.52 bits per heavy atom. The molecule has 1 aromatic carbocycles. The molecule has 2 rings (SSSR count). The predicted molar refractivity (Wildman–Crippen MR) is 87.5 cm³/mol. The first-order chi connectivity index (χ1) is 11.0. The molecule has 1 fully saturated rings. The average molecular weight is 320 g/mol. The zero-order chi connectivity index (χ0) is 16.8. The lowest BCUT2D eigenvalue weighted by Gasteiger charge is -2.33. The summed E-state index contributed by atoms with van der Waals surface area (Å²) in [5.74, 6) is -0.614. The highest BCUT2D eigenvalue weighted by molar-refractivity contribution is 5.94. The first kappa shape index (κ1) is 17.4. The standard InChI is InChI=1S/C18H25FN2O2/c1-3-16(4-2)20-17(22)14-6-5-11-21(12-14)18(23)13-7-9-15(19)10-8-13/h7-10,14,16H,3-6,11-12H2,1-2H3,(H,20,22)/t14-/m1/s1. The minimum absolute atomic E-state index is 0.0373. The van der Waals surface area contributed by atoms with Crippen LogP contribution in [-0.2, 0) is 4.79 Å². The van der Waals surface area contributed by atoms with Gasteiger partial charge in [-0.15, -0.1) is 0 Å². The Hall–Kier alpha value is -1.91. The second kappa shape index (κ2) is 8.09. The van der Waals surface area contributed by atoms with Crippen molar-refractivity contribution in [3.8, 4) is 0 Å². The number of benzene rings is 1. The smallest absolute Gasteiger partial charge is 0.253 e. The Balaban J connectivity index is 1.98. The van der Waals surface area contributed by atoms with Crippen molar-refractivity contribution in [2.75, 3.05) is 13.1 Å². The summed E-state index contributed by atoms with van der Waals surface area (Å²) >= 11 is 0. The van der Waals surface area contributed by atoms with Crippen LogP contribution in [0, 0.1) is 11.7 Å². The predicted octanol–water partition coefficient (Wildman–Crippen LogP) is 2.98. The molecule has 1 aliphatic rings. The second-order valence-electron chi connectivity index (χ2n) is 6.12. The summed E-state index contributed by atoms with van der Waals surface area (Å²) in [7, 11) is 0. The van der Waals surface area contributed by atoms with E-state index in [1.165, 1.54) is 24.3 Å². The van der Waals surface area contributed by atoms with Gasteiger partial charge in [-0.05, 0) is 49.9 Å². The van der Waals surface area contributed by atoms with Crippen molar-refractivity contribution in [3.05, 3.63) is 35.6 Å². The molecule has 0 radical (unpaired) electrons. The molecule has 126 valence electrons. The molecule has 1 N–H and O–H groups in total. The van der Waals surface area contributed by atoms with Crippen molar-refractivity contribution >= 4 is 11.8 Å². The van der Waals surface area contributed by atoms with Crippen LogP contribution >= 0.6 is 0 Å². The average Bonchev–Trinajstić information content (AvgIpc) is 2.59. The maximum absolute atomic E-state index is 13.0. The Bertz CT molecular complexity index is 540. The van der Waals surface area contributed by atoms with E-state index in [0.717, 1.165) is 25.7 Å². The number of carbonyl (C=O) groups is 2. The lowest BCUT2D eigenvalue weighted by Crippen LogP contribution is -2.47. The van der Waals surface area contributed by atoms with Gasteiger partial charge in [-0.3, -0.25) is 9.59 Å². The zero-order valence-electron chi connectivity index (χ0n) is 13.8. The molecule has 0 aromatic heterocycles. The number of carbonyl (C=O) groups excluding carboxylic acids is 2. The van der Waals surface area contributed by atoms with Crippen LogP contribution in [0.2, 0.25) is 0 Å². The molecule has 5 heteroatoms. The van der Waals surface area contributed by atoms with E-state index in [1.807, 2.05) is 0 Å². The van der Waals surface area contributed by atoms with Gasteiger partial charge in [0.2, 0.25) is 5.91 Å². The van der Waals surface area contributed by atoms with Crippen LogP contribution < -0.4 is 5.32 Å². The Kier molecular flexibility index (Phi) is 6.13. The lowest BCUT2D eigenvalue weighted by atomic mass is 9.95. The molecule has 1 atom stereocenters. The first-order valence-electron chi connectivity index (χ1n) is 8.40. The molecule has 4 nitrogen and oxygen atoms in total. The topological polar surface area (TPSA) is 49.4 Å². The molecule has 0 aliphatic carbocycles. The van der Waals surface area contributed by atoms with E-state index in [9.17, 15) is 14.0 Å². The van der Waals surface area contributed by atoms with Crippen molar-refractivity contribution in [3.63, 3.8) is 0 Å². The van der Waals surface area contributed by atoms with Gasteiger partial charge in [0.25, 0.3) is 5.91 Å². The summed E-state index contributed by atoms with van der Waals surface area (Å²) in [5, 5.41) is 3.07. The molecule has 1 heterocycles. The van der Waals surface area contributed by atoms with Crippen LogP contribution in [0.3, 0.4) is 0 Å². The molecule has 23 heavy (non-hydrogen) atoms. The fourth-order valence-electron chi connectivity index (χ4n) is 2.96. The lowest BCUT2D eigenvalue weighted by molar-refractivity contribution is -0.127. The second-order valence-corrected chi connectivity index (χ2v) is 6.12. The third-order valence-corrected chi connectivity index (χ3v) is 4.50. The van der Waals surface area contributed by atoms with E-state index < -0.39 is 0 Å². The molecular formula is C18H25FN2O2. The maximum atomic E-state index is 13.0. The molecule has 1 aromatic rings. The molecule has 0 spiro atoms. The van der Waals surface area contributed by atoms with Gasteiger partial charge in [0.05, 0.1) is 5.92 Å². The van der Waals surface area contributed by atoms with Crippen molar-refractivity contribution in [2.24, 2.45) is 5.92 Å². The maximum Gasteiger partial charge on any atom is 0.253 e. The van der Waals surface area contributed by atoms with Gasteiger partial charge in [-0.25, -0.2) is 4.39 Å². The van der Waals surface area contributed by atoms with Gasteiger partial charge in [-0.2, -0.15) is 0 Å². The Morgan fingerprint density at radius 2 is 1.91 bits per heavy atom. The van der Waals surface area contributed by atoms with E-state index in [4.69, 9.17) is 0 Å². The largest absolute Gasteiger partial charge is 0.353 e. The third kappa shape index (κ3) is 4.53. The highest BCUT2D eigenvalue weighted by atomic mass is 19.1. The van der Waals surface area contributed by atoms with Gasteiger partial charge in [0, 0.05) is 24.7 Å². The highest BCUT2D eigenvalue weighted by Gasteiger charge is 2.29. The fraction of sp³-hybridized carbons (Fsp3) is 0.556. The number of likely N-dealkylation sites (tertiary alicyclic amines) is 1. The van der Waals surface area contributed by atoms with Crippen molar-refractivity contribution < 1.29 is 14.0 Å². The molecule has 1 saturated heterocycles. The van der Waals surface area contributed by atoms with E-state index in [1.54, 1.807) is 4.90 Å². The molecule has 0 saturated carbocycles. The Labute approximate surface area is 137 Å². The van der Waals surface area contributed by atoms with Gasteiger partial charge < -0.3 is 10.2 Å². The first-order valence-corrected chi connectivity index (χ1v) is 8.40. The summed E-state index contributed by atoms with van der Waals surface area (Å²) in [6, 6.07) is 5.76. The monoisotopic (exact) mass is 320 g/mol. The van der Waals surface area contributed by atoms with E-state index in [2.05, 4.69) is 19.2 Å². The van der Waals surface area contributed by atoms with Crippen LogP contribution in [0.5, 0.6) is 0 Å². The van der Waals surface area contributed by atoms with Crippen molar-refractivity contribution in [2.45, 2.75) is 45.6 Å². The zero-order valence-corrected chi connectivity index (χ0v) is 13.8. The van der Waals surface area contributed by atoms with Crippen LogP contribution in [-0.4, -0.2) is 35.8 Å². The Morgan fingerprint density at radius 1 is 1.26 bits per heavy atom. The van der Waals surface area contributed by atoms with Crippen LogP contribution in [0.25, 0.3) is 0 Å². The minimum Gasteiger partial charge on any atom is -0.353 e. The fourth-order valence-corrected chi connectivity index (χ4v) is 2.96. The highest BCUT2D eigenvalue weighted by Crippen LogP contribution is 2.19. The van der Waals surface area contributed by atoms with Crippen molar-refractivity contribution in [1.82, 2.24) is 10.2 Å². The van der Waals surface area contributed by atoms with E-state index >= 15 is 0 Å². The van der Waals surface area contributed by atoms with E-state index in [0.29, 0.717) is 18.7 Å². The molecule has 0 bridgehead atoms. The third-order valence-electron chi connectivity index (χ3n) is 4.50. The number of piperidine rings is 1.